The zero-order chi connectivity index (χ0) is 25.4. The monoisotopic (exact) mass is 506 g/mol. The van der Waals surface area contributed by atoms with Crippen molar-refractivity contribution in [3.63, 3.8) is 0 Å². The van der Waals surface area contributed by atoms with Gasteiger partial charge in [0.15, 0.2) is 10.3 Å². The number of fused-ring (bicyclic) bond motifs is 2. The first-order valence-corrected chi connectivity index (χ1v) is 12.8. The van der Waals surface area contributed by atoms with Crippen molar-refractivity contribution in [2.45, 2.75) is 13.0 Å². The number of ether oxygens (including phenoxy) is 1. The van der Waals surface area contributed by atoms with Crippen LogP contribution in [0, 0.1) is 0 Å². The first-order valence-electron chi connectivity index (χ1n) is 11.9. The Bertz CT molecular complexity index is 1800. The number of benzene rings is 3. The van der Waals surface area contributed by atoms with Crippen LogP contribution in [0.1, 0.15) is 18.7 Å². The van der Waals surface area contributed by atoms with Gasteiger partial charge in [0.05, 0.1) is 23.7 Å². The highest BCUT2D eigenvalue weighted by Crippen LogP contribution is 2.34. The Labute approximate surface area is 217 Å². The van der Waals surface area contributed by atoms with Crippen LogP contribution in [0.25, 0.3) is 37.9 Å². The van der Waals surface area contributed by atoms with E-state index >= 15 is 0 Å². The molecule has 0 saturated heterocycles. The molecule has 1 unspecified atom stereocenters. The fourth-order valence-electron chi connectivity index (χ4n) is 4.81. The van der Waals surface area contributed by atoms with E-state index in [9.17, 15) is 4.79 Å². The summed E-state index contributed by atoms with van der Waals surface area (Å²) in [6.07, 6.45) is 1.56. The number of rotatable bonds is 6. The topological polar surface area (TPSA) is 86.5 Å². The van der Waals surface area contributed by atoms with E-state index < -0.39 is 0 Å². The van der Waals surface area contributed by atoms with Gasteiger partial charge in [-0.05, 0) is 42.1 Å². The Hall–Kier alpha value is -4.40. The van der Waals surface area contributed by atoms with E-state index in [1.54, 1.807) is 18.9 Å². The Balaban J connectivity index is 1.59. The number of aromatic nitrogens is 4. The lowest BCUT2D eigenvalue weighted by molar-refractivity contribution is -0.617. The first kappa shape index (κ1) is 23.0. The molecule has 0 bridgehead atoms. The van der Waals surface area contributed by atoms with E-state index in [0.717, 1.165) is 49.8 Å². The van der Waals surface area contributed by atoms with Gasteiger partial charge < -0.3 is 4.74 Å². The zero-order valence-corrected chi connectivity index (χ0v) is 21.1. The van der Waals surface area contributed by atoms with Crippen molar-refractivity contribution >= 4 is 38.3 Å². The molecular weight excluding hydrogens is 482 g/mol. The van der Waals surface area contributed by atoms with Gasteiger partial charge in [-0.1, -0.05) is 54.6 Å². The molecule has 182 valence electrons. The molecule has 0 radical (unpaired) electrons. The number of quaternary nitrogens is 1. The van der Waals surface area contributed by atoms with Crippen molar-refractivity contribution in [3.05, 3.63) is 107 Å². The van der Waals surface area contributed by atoms with Crippen LogP contribution in [0.15, 0.2) is 95.5 Å². The summed E-state index contributed by atoms with van der Waals surface area (Å²) in [6.45, 7) is 2.07. The molecular formula is C29H24N5O2S+. The summed E-state index contributed by atoms with van der Waals surface area (Å²) in [5.74, 6) is 1.48. The average molecular weight is 507 g/mol. The van der Waals surface area contributed by atoms with Gasteiger partial charge in [0.2, 0.25) is 0 Å². The molecule has 0 saturated carbocycles. The Morgan fingerprint density at radius 2 is 1.70 bits per heavy atom. The molecule has 0 aliphatic rings. The number of methoxy groups -OCH3 is 1. The molecule has 8 heteroatoms. The van der Waals surface area contributed by atoms with Crippen LogP contribution in [0.4, 0.5) is 5.82 Å². The molecule has 7 nitrogen and oxygen atoms in total. The van der Waals surface area contributed by atoms with Crippen LogP contribution in [0.5, 0.6) is 5.75 Å². The van der Waals surface area contributed by atoms with Crippen LogP contribution in [-0.2, 0) is 0 Å². The second-order valence-corrected chi connectivity index (χ2v) is 9.57. The fourth-order valence-corrected chi connectivity index (χ4v) is 5.44. The van der Waals surface area contributed by atoms with Crippen molar-refractivity contribution in [2.24, 2.45) is 0 Å². The number of hydrogen-bond acceptors (Lipinski definition) is 6. The summed E-state index contributed by atoms with van der Waals surface area (Å²) in [5, 5.41) is 3.57. The lowest BCUT2D eigenvalue weighted by Gasteiger charge is -2.20. The Morgan fingerprint density at radius 3 is 2.54 bits per heavy atom. The zero-order valence-electron chi connectivity index (χ0n) is 20.3. The third-order valence-corrected chi connectivity index (χ3v) is 7.26. The largest absolute Gasteiger partial charge is 0.496 e. The normalized spacial score (nSPS) is 12.2. The van der Waals surface area contributed by atoms with Crippen LogP contribution < -0.4 is 15.6 Å². The summed E-state index contributed by atoms with van der Waals surface area (Å²) in [6, 6.07) is 25.5. The van der Waals surface area contributed by atoms with Gasteiger partial charge in [0.1, 0.15) is 18.1 Å². The van der Waals surface area contributed by atoms with E-state index in [4.69, 9.17) is 4.74 Å². The maximum atomic E-state index is 14.3. The molecule has 6 aromatic rings. The molecule has 3 aromatic heterocycles. The number of thiazole rings is 1. The van der Waals surface area contributed by atoms with Crippen molar-refractivity contribution in [1.29, 1.82) is 0 Å². The van der Waals surface area contributed by atoms with Gasteiger partial charge in [-0.2, -0.15) is 4.98 Å². The van der Waals surface area contributed by atoms with Gasteiger partial charge in [-0.3, -0.25) is 14.7 Å². The van der Waals surface area contributed by atoms with Gasteiger partial charge >= 0.3 is 0 Å². The van der Waals surface area contributed by atoms with Gasteiger partial charge in [-0.25, -0.2) is 9.97 Å². The maximum absolute atomic E-state index is 14.3. The van der Waals surface area contributed by atoms with E-state index in [1.165, 1.54) is 11.3 Å². The standard InChI is InChI=1S/C29H23N5O2S/c1-18(33-27-26-28(31-16-30-27)37-17-32-26)23-15-19-9-8-13-22(21-12-6-7-14-24(21)36-2)25(19)29(35)34(23)20-10-4-3-5-11-20/h3-18H,1-2H3,(H,30,31,33)/p+1. The van der Waals surface area contributed by atoms with Crippen molar-refractivity contribution < 1.29 is 10.1 Å². The van der Waals surface area contributed by atoms with Crippen LogP contribution >= 0.6 is 11.3 Å². The quantitative estimate of drug-likeness (QED) is 0.343. The molecule has 0 amide bonds. The van der Waals surface area contributed by atoms with Crippen LogP contribution in [0.3, 0.4) is 0 Å². The lowest BCUT2D eigenvalue weighted by Crippen LogP contribution is -2.79. The Kier molecular flexibility index (Phi) is 5.96. The smallest absolute Gasteiger partial charge is 0.264 e. The summed E-state index contributed by atoms with van der Waals surface area (Å²) >= 11 is 1.48. The number of hydrogen-bond donors (Lipinski definition) is 1. The summed E-state index contributed by atoms with van der Waals surface area (Å²) in [7, 11) is 1.65. The number of nitrogens with two attached hydrogens (primary N) is 1. The van der Waals surface area contributed by atoms with Crippen LogP contribution in [-0.4, -0.2) is 26.6 Å². The minimum absolute atomic E-state index is 0.0815. The van der Waals surface area contributed by atoms with E-state index in [-0.39, 0.29) is 11.6 Å². The predicted octanol–water partition coefficient (Wildman–Crippen LogP) is 5.02. The highest BCUT2D eigenvalue weighted by Gasteiger charge is 2.23. The minimum Gasteiger partial charge on any atom is -0.496 e. The molecule has 1 atom stereocenters. The van der Waals surface area contributed by atoms with E-state index in [1.807, 2.05) is 82.7 Å². The predicted molar refractivity (Wildman–Crippen MR) is 147 cm³/mol. The minimum atomic E-state index is -0.132. The Morgan fingerprint density at radius 1 is 0.919 bits per heavy atom. The van der Waals surface area contributed by atoms with Crippen molar-refractivity contribution in [2.75, 3.05) is 7.11 Å². The third kappa shape index (κ3) is 4.06. The van der Waals surface area contributed by atoms with Gasteiger partial charge in [0.25, 0.3) is 11.4 Å². The molecule has 3 aromatic carbocycles. The number of nitrogens with zero attached hydrogens (tertiary/aromatic N) is 4. The molecule has 3 heterocycles. The second-order valence-electron chi connectivity index (χ2n) is 8.74. The van der Waals surface area contributed by atoms with Gasteiger partial charge in [-0.15, -0.1) is 11.3 Å². The molecule has 37 heavy (non-hydrogen) atoms. The molecule has 0 aliphatic heterocycles. The first-order chi connectivity index (χ1) is 18.2. The average Bonchev–Trinajstić information content (AvgIpc) is 3.43. The lowest BCUT2D eigenvalue weighted by atomic mass is 9.97. The number of para-hydroxylation sites is 2. The maximum Gasteiger partial charge on any atom is 0.264 e. The highest BCUT2D eigenvalue weighted by atomic mass is 32.1. The molecule has 0 aliphatic carbocycles. The molecule has 0 fully saturated rings. The molecule has 0 spiro atoms. The summed E-state index contributed by atoms with van der Waals surface area (Å²) < 4.78 is 7.44. The summed E-state index contributed by atoms with van der Waals surface area (Å²) in [5.41, 5.74) is 5.86. The van der Waals surface area contributed by atoms with E-state index in [2.05, 4.69) is 27.9 Å². The van der Waals surface area contributed by atoms with Crippen molar-refractivity contribution in [1.82, 2.24) is 19.5 Å². The van der Waals surface area contributed by atoms with Gasteiger partial charge in [0, 0.05) is 11.3 Å². The molecule has 2 N–H and O–H groups in total. The fraction of sp³-hybridized carbons (Fsp3) is 0.103. The van der Waals surface area contributed by atoms with Crippen molar-refractivity contribution in [3.8, 4) is 22.6 Å². The van der Waals surface area contributed by atoms with Crippen LogP contribution in [0.2, 0.25) is 0 Å². The van der Waals surface area contributed by atoms with E-state index in [0.29, 0.717) is 5.39 Å². The summed E-state index contributed by atoms with van der Waals surface area (Å²) in [4.78, 5) is 28.4. The molecule has 6 rings (SSSR count). The third-order valence-electron chi connectivity index (χ3n) is 6.52. The second kappa shape index (κ2) is 9.57. The highest BCUT2D eigenvalue weighted by molar-refractivity contribution is 7.16. The number of pyridine rings is 1. The SMILES string of the molecule is COc1ccccc1-c1cccc2cc(C(C)[NH2+]c3ncnc4scnc34)n(-c3ccccc3)c(=O)c12.